The van der Waals surface area contributed by atoms with Gasteiger partial charge in [0.2, 0.25) is 0 Å². The van der Waals surface area contributed by atoms with Gasteiger partial charge in [0.15, 0.2) is 5.82 Å². The normalized spacial score (nSPS) is 10.4. The first-order valence-electron chi connectivity index (χ1n) is 4.37. The lowest BCUT2D eigenvalue weighted by molar-refractivity contribution is 0.622. The number of nitrogens with one attached hydrogen (secondary N) is 2. The Morgan fingerprint density at radius 1 is 1.50 bits per heavy atom. The Labute approximate surface area is 98.5 Å². The molecule has 0 aliphatic heterocycles. The number of benzene rings is 1. The molecule has 0 spiro atoms. The summed E-state index contributed by atoms with van der Waals surface area (Å²) in [5.41, 5.74) is 6.57. The number of nitrogens with two attached hydrogens (primary N) is 1. The van der Waals surface area contributed by atoms with Crippen molar-refractivity contribution in [3.05, 3.63) is 28.2 Å². The lowest BCUT2D eigenvalue weighted by atomic mass is 10.2. The van der Waals surface area contributed by atoms with Gasteiger partial charge in [0.25, 0.3) is 0 Å². The molecule has 4 N–H and O–H groups in total. The largest absolute Gasteiger partial charge is 0.397 e. The first kappa shape index (κ1) is 10.8. The van der Waals surface area contributed by atoms with Gasteiger partial charge in [-0.2, -0.15) is 5.21 Å². The summed E-state index contributed by atoms with van der Waals surface area (Å²) in [6.07, 6.45) is 0. The van der Waals surface area contributed by atoms with Gasteiger partial charge in [0.1, 0.15) is 5.82 Å². The van der Waals surface area contributed by atoms with Crippen molar-refractivity contribution in [1.82, 2.24) is 20.6 Å². The van der Waals surface area contributed by atoms with Crippen LogP contribution in [0.5, 0.6) is 0 Å². The maximum Gasteiger partial charge on any atom is 0.193 e. The smallest absolute Gasteiger partial charge is 0.193 e. The van der Waals surface area contributed by atoms with Crippen LogP contribution >= 0.6 is 15.9 Å². The molecule has 1 aromatic carbocycles. The van der Waals surface area contributed by atoms with E-state index >= 15 is 0 Å². The molecular weight excluding hydrogens is 279 g/mol. The van der Waals surface area contributed by atoms with Gasteiger partial charge < -0.3 is 11.1 Å². The van der Waals surface area contributed by atoms with E-state index in [2.05, 4.69) is 41.9 Å². The number of aromatic nitrogens is 4. The zero-order valence-electron chi connectivity index (χ0n) is 8.04. The minimum absolute atomic E-state index is 0.323. The summed E-state index contributed by atoms with van der Waals surface area (Å²) < 4.78 is 13.4. The Hall–Kier alpha value is -1.70. The quantitative estimate of drug-likeness (QED) is 0.740. The maximum absolute atomic E-state index is 13.1. The van der Waals surface area contributed by atoms with E-state index in [1.165, 1.54) is 6.07 Å². The number of aromatic amines is 1. The van der Waals surface area contributed by atoms with Crippen LogP contribution in [0.15, 0.2) is 16.6 Å². The highest BCUT2D eigenvalue weighted by Crippen LogP contribution is 2.26. The molecule has 0 aliphatic carbocycles. The first-order chi connectivity index (χ1) is 7.66. The third-order valence-corrected chi connectivity index (χ3v) is 2.53. The van der Waals surface area contributed by atoms with Gasteiger partial charge in [-0.05, 0) is 22.0 Å². The van der Waals surface area contributed by atoms with E-state index in [-0.39, 0.29) is 0 Å². The summed E-state index contributed by atoms with van der Waals surface area (Å²) >= 11 is 3.08. The van der Waals surface area contributed by atoms with E-state index < -0.39 is 5.82 Å². The molecule has 0 radical (unpaired) electrons. The molecule has 0 aliphatic rings. The van der Waals surface area contributed by atoms with Gasteiger partial charge in [-0.3, -0.25) is 0 Å². The van der Waals surface area contributed by atoms with Crippen molar-refractivity contribution in [3.8, 4) is 0 Å². The molecule has 0 fully saturated rings. The zero-order chi connectivity index (χ0) is 11.5. The molecule has 0 bridgehead atoms. The second-order valence-corrected chi connectivity index (χ2v) is 3.89. The predicted molar refractivity (Wildman–Crippen MR) is 60.0 cm³/mol. The summed E-state index contributed by atoms with van der Waals surface area (Å²) in [4.78, 5) is 0. The summed E-state index contributed by atoms with van der Waals surface area (Å²) in [5, 5.41) is 16.2. The Morgan fingerprint density at radius 2 is 2.31 bits per heavy atom. The van der Waals surface area contributed by atoms with Crippen LogP contribution in [0.1, 0.15) is 5.82 Å². The van der Waals surface area contributed by atoms with Gasteiger partial charge in [0.05, 0.1) is 22.4 Å². The van der Waals surface area contributed by atoms with Crippen LogP contribution in [0.25, 0.3) is 0 Å². The van der Waals surface area contributed by atoms with Crippen molar-refractivity contribution in [2.45, 2.75) is 6.54 Å². The topological polar surface area (TPSA) is 92.5 Å². The number of H-pyrrole nitrogens is 1. The first-order valence-corrected chi connectivity index (χ1v) is 5.17. The number of nitrogen functional groups attached to an aromatic ring is 1. The molecule has 0 atom stereocenters. The molecule has 0 amide bonds. The second-order valence-electron chi connectivity index (χ2n) is 3.04. The van der Waals surface area contributed by atoms with Crippen LogP contribution in [-0.2, 0) is 6.54 Å². The van der Waals surface area contributed by atoms with Crippen LogP contribution < -0.4 is 11.1 Å². The molecule has 8 heteroatoms. The fourth-order valence-corrected chi connectivity index (χ4v) is 1.49. The Bertz CT molecular complexity index is 486. The van der Waals surface area contributed by atoms with E-state index in [0.29, 0.717) is 28.2 Å². The molecule has 0 unspecified atom stereocenters. The van der Waals surface area contributed by atoms with Crippen molar-refractivity contribution < 1.29 is 4.39 Å². The summed E-state index contributed by atoms with van der Waals surface area (Å²) in [6, 6.07) is 2.80. The highest BCUT2D eigenvalue weighted by Gasteiger charge is 2.06. The van der Waals surface area contributed by atoms with E-state index in [0.717, 1.165) is 0 Å². The van der Waals surface area contributed by atoms with Crippen molar-refractivity contribution >= 4 is 27.3 Å². The minimum atomic E-state index is -0.400. The van der Waals surface area contributed by atoms with Gasteiger partial charge in [0, 0.05) is 6.07 Å². The van der Waals surface area contributed by atoms with Crippen molar-refractivity contribution in [2.24, 2.45) is 0 Å². The fourth-order valence-electron chi connectivity index (χ4n) is 1.15. The summed E-state index contributed by atoms with van der Waals surface area (Å²) in [7, 11) is 0. The third-order valence-electron chi connectivity index (χ3n) is 1.92. The van der Waals surface area contributed by atoms with Crippen LogP contribution in [0.3, 0.4) is 0 Å². The summed E-state index contributed by atoms with van der Waals surface area (Å²) in [6.45, 7) is 0.360. The Morgan fingerprint density at radius 3 is 3.00 bits per heavy atom. The number of anilines is 2. The van der Waals surface area contributed by atoms with E-state index in [1.54, 1.807) is 6.07 Å². The van der Waals surface area contributed by atoms with Crippen LogP contribution in [-0.4, -0.2) is 20.6 Å². The van der Waals surface area contributed by atoms with Crippen molar-refractivity contribution in [1.29, 1.82) is 0 Å². The molecule has 2 rings (SSSR count). The average Bonchev–Trinajstić information content (AvgIpc) is 2.74. The monoisotopic (exact) mass is 286 g/mol. The molecule has 6 nitrogen and oxygen atoms in total. The maximum atomic E-state index is 13.1. The fraction of sp³-hybridized carbons (Fsp3) is 0.125. The van der Waals surface area contributed by atoms with Crippen LogP contribution in [0, 0.1) is 5.82 Å². The standard InChI is InChI=1S/C8H8BrFN6/c9-4-1-7(6(11)2-5(4)10)12-3-8-13-15-16-14-8/h1-2,12H,3,11H2,(H,13,14,15,16). The average molecular weight is 287 g/mol. The van der Waals surface area contributed by atoms with Gasteiger partial charge >= 0.3 is 0 Å². The van der Waals surface area contributed by atoms with Crippen molar-refractivity contribution in [2.75, 3.05) is 11.1 Å². The molecule has 84 valence electrons. The lowest BCUT2D eigenvalue weighted by Crippen LogP contribution is -2.04. The SMILES string of the molecule is Nc1cc(F)c(Br)cc1NCc1nn[nH]n1. The zero-order valence-corrected chi connectivity index (χ0v) is 9.62. The van der Waals surface area contributed by atoms with Crippen LogP contribution in [0.4, 0.5) is 15.8 Å². The minimum Gasteiger partial charge on any atom is -0.397 e. The van der Waals surface area contributed by atoms with Crippen molar-refractivity contribution in [3.63, 3.8) is 0 Å². The number of halogens is 2. The Kier molecular flexibility index (Phi) is 3.00. The molecular formula is C8H8BrFN6. The number of hydrogen-bond donors (Lipinski definition) is 3. The second kappa shape index (κ2) is 4.44. The van der Waals surface area contributed by atoms with Gasteiger partial charge in [-0.25, -0.2) is 4.39 Å². The van der Waals surface area contributed by atoms with Crippen LogP contribution in [0.2, 0.25) is 0 Å². The number of nitrogens with zero attached hydrogens (tertiary/aromatic N) is 3. The van der Waals surface area contributed by atoms with E-state index in [1.807, 2.05) is 0 Å². The molecule has 16 heavy (non-hydrogen) atoms. The third kappa shape index (κ3) is 2.27. The number of rotatable bonds is 3. The Balaban J connectivity index is 2.12. The van der Waals surface area contributed by atoms with E-state index in [9.17, 15) is 4.39 Å². The lowest BCUT2D eigenvalue weighted by Gasteiger charge is -2.08. The number of hydrogen-bond acceptors (Lipinski definition) is 5. The van der Waals surface area contributed by atoms with Gasteiger partial charge in [-0.15, -0.1) is 10.2 Å². The molecule has 0 saturated heterocycles. The number of tetrazole rings is 1. The van der Waals surface area contributed by atoms with Gasteiger partial charge in [-0.1, -0.05) is 5.21 Å². The molecule has 0 saturated carbocycles. The molecule has 1 aromatic heterocycles. The predicted octanol–water partition coefficient (Wildman–Crippen LogP) is 1.30. The summed E-state index contributed by atoms with van der Waals surface area (Å²) in [5.74, 6) is 0.0995. The molecule has 1 heterocycles. The highest BCUT2D eigenvalue weighted by atomic mass is 79.9. The highest BCUT2D eigenvalue weighted by molar-refractivity contribution is 9.10. The molecule has 2 aromatic rings. The van der Waals surface area contributed by atoms with E-state index in [4.69, 9.17) is 5.73 Å².